The quantitative estimate of drug-likeness (QED) is 0.786. The lowest BCUT2D eigenvalue weighted by molar-refractivity contribution is 0.0789. The van der Waals surface area contributed by atoms with Crippen molar-refractivity contribution in [3.05, 3.63) is 0 Å². The van der Waals surface area contributed by atoms with Crippen molar-refractivity contribution in [2.24, 2.45) is 5.73 Å². The summed E-state index contributed by atoms with van der Waals surface area (Å²) in [5, 5.41) is 0. The third-order valence-corrected chi connectivity index (χ3v) is 5.14. The minimum absolute atomic E-state index is 0.323. The number of likely N-dealkylation sites (tertiary alicyclic amines) is 1. The van der Waals surface area contributed by atoms with Gasteiger partial charge in [0.15, 0.2) is 0 Å². The number of hydrogen-bond acceptors (Lipinski definition) is 3. The summed E-state index contributed by atoms with van der Waals surface area (Å²) in [6.45, 7) is 5.99. The Balaban J connectivity index is 1.72. The lowest BCUT2D eigenvalue weighted by Gasteiger charge is -2.44. The van der Waals surface area contributed by atoms with E-state index in [4.69, 9.17) is 5.73 Å². The van der Waals surface area contributed by atoms with Crippen molar-refractivity contribution in [2.75, 3.05) is 39.8 Å². The third-order valence-electron chi connectivity index (χ3n) is 5.14. The van der Waals surface area contributed by atoms with Gasteiger partial charge >= 0.3 is 0 Å². The maximum Gasteiger partial charge on any atom is 0.0328 e. The summed E-state index contributed by atoms with van der Waals surface area (Å²) in [4.78, 5) is 5.19. The number of likely N-dealkylation sites (N-methyl/N-ethyl adjacent to an activating group) is 1. The number of rotatable bonds is 6. The summed E-state index contributed by atoms with van der Waals surface area (Å²) in [6, 6.07) is 0. The summed E-state index contributed by atoms with van der Waals surface area (Å²) in [7, 11) is 2.29. The second-order valence-corrected chi connectivity index (χ2v) is 6.31. The average molecular weight is 253 g/mol. The molecule has 0 aromatic rings. The molecule has 0 aromatic carbocycles. The Bertz CT molecular complexity index is 230. The Morgan fingerprint density at radius 3 is 2.33 bits per heavy atom. The largest absolute Gasteiger partial charge is 0.329 e. The van der Waals surface area contributed by atoms with Crippen LogP contribution in [0, 0.1) is 0 Å². The molecule has 0 radical (unpaired) electrons. The third kappa shape index (κ3) is 3.46. The van der Waals surface area contributed by atoms with Gasteiger partial charge in [0.05, 0.1) is 0 Å². The smallest absolute Gasteiger partial charge is 0.0328 e. The van der Waals surface area contributed by atoms with Crippen LogP contribution in [0.1, 0.15) is 51.4 Å². The zero-order chi connectivity index (χ0) is 12.8. The molecule has 0 bridgehead atoms. The Labute approximate surface area is 113 Å². The van der Waals surface area contributed by atoms with E-state index in [1.807, 2.05) is 0 Å². The van der Waals surface area contributed by atoms with Crippen LogP contribution in [-0.4, -0.2) is 55.1 Å². The Hall–Kier alpha value is -0.120. The minimum Gasteiger partial charge on any atom is -0.329 e. The molecule has 0 amide bonds. The van der Waals surface area contributed by atoms with Gasteiger partial charge in [-0.2, -0.15) is 0 Å². The molecule has 0 atom stereocenters. The molecule has 1 aliphatic carbocycles. The van der Waals surface area contributed by atoms with Crippen LogP contribution in [0.5, 0.6) is 0 Å². The predicted octanol–water partition coefficient (Wildman–Crippen LogP) is 2.07. The van der Waals surface area contributed by atoms with Gasteiger partial charge < -0.3 is 10.6 Å². The van der Waals surface area contributed by atoms with E-state index in [0.717, 1.165) is 6.54 Å². The number of nitrogens with zero attached hydrogens (tertiary/aromatic N) is 2. The van der Waals surface area contributed by atoms with Crippen molar-refractivity contribution in [1.29, 1.82) is 0 Å². The molecule has 2 aliphatic rings. The van der Waals surface area contributed by atoms with Gasteiger partial charge in [-0.15, -0.1) is 0 Å². The highest BCUT2D eigenvalue weighted by atomic mass is 15.2. The van der Waals surface area contributed by atoms with Crippen molar-refractivity contribution in [1.82, 2.24) is 9.80 Å². The van der Waals surface area contributed by atoms with E-state index in [1.165, 1.54) is 77.5 Å². The van der Waals surface area contributed by atoms with Gasteiger partial charge in [0.25, 0.3) is 0 Å². The van der Waals surface area contributed by atoms with Gasteiger partial charge in [0, 0.05) is 12.1 Å². The van der Waals surface area contributed by atoms with Gasteiger partial charge in [-0.1, -0.05) is 19.3 Å². The molecule has 18 heavy (non-hydrogen) atoms. The molecule has 3 nitrogen and oxygen atoms in total. The first-order valence-electron chi connectivity index (χ1n) is 7.90. The van der Waals surface area contributed by atoms with Gasteiger partial charge in [0.2, 0.25) is 0 Å². The molecule has 2 rings (SSSR count). The molecule has 1 aliphatic heterocycles. The van der Waals surface area contributed by atoms with Crippen molar-refractivity contribution in [2.45, 2.75) is 56.9 Å². The van der Waals surface area contributed by atoms with Crippen molar-refractivity contribution in [3.63, 3.8) is 0 Å². The lowest BCUT2D eigenvalue weighted by Crippen LogP contribution is -2.53. The van der Waals surface area contributed by atoms with E-state index in [9.17, 15) is 0 Å². The van der Waals surface area contributed by atoms with E-state index in [0.29, 0.717) is 5.54 Å². The Morgan fingerprint density at radius 2 is 1.72 bits per heavy atom. The monoisotopic (exact) mass is 253 g/mol. The molecule has 2 fully saturated rings. The van der Waals surface area contributed by atoms with Crippen LogP contribution in [-0.2, 0) is 0 Å². The van der Waals surface area contributed by atoms with Crippen LogP contribution in [0.2, 0.25) is 0 Å². The summed E-state index contributed by atoms with van der Waals surface area (Å²) < 4.78 is 0. The highest BCUT2D eigenvalue weighted by Crippen LogP contribution is 2.32. The molecule has 1 heterocycles. The van der Waals surface area contributed by atoms with Gasteiger partial charge in [-0.25, -0.2) is 0 Å². The topological polar surface area (TPSA) is 32.5 Å². The molecule has 1 saturated heterocycles. The van der Waals surface area contributed by atoms with E-state index in [-0.39, 0.29) is 0 Å². The van der Waals surface area contributed by atoms with Crippen LogP contribution < -0.4 is 5.73 Å². The summed E-state index contributed by atoms with van der Waals surface area (Å²) in [6.07, 6.45) is 10.9. The highest BCUT2D eigenvalue weighted by molar-refractivity contribution is 4.92. The van der Waals surface area contributed by atoms with Crippen LogP contribution in [0.3, 0.4) is 0 Å². The molecular formula is C15H31N3. The fourth-order valence-electron chi connectivity index (χ4n) is 3.73. The predicted molar refractivity (Wildman–Crippen MR) is 77.8 cm³/mol. The summed E-state index contributed by atoms with van der Waals surface area (Å²) >= 11 is 0. The first kappa shape index (κ1) is 14.3. The van der Waals surface area contributed by atoms with Crippen LogP contribution in [0.15, 0.2) is 0 Å². The first-order chi connectivity index (χ1) is 8.77. The van der Waals surface area contributed by atoms with Crippen LogP contribution in [0.25, 0.3) is 0 Å². The molecular weight excluding hydrogens is 222 g/mol. The average Bonchev–Trinajstić information content (AvgIpc) is 2.92. The molecule has 2 N–H and O–H groups in total. The van der Waals surface area contributed by atoms with Gasteiger partial charge in [-0.3, -0.25) is 4.90 Å². The maximum absolute atomic E-state index is 6.08. The number of nitrogens with two attached hydrogens (primary N) is 1. The molecule has 0 unspecified atom stereocenters. The van der Waals surface area contributed by atoms with E-state index < -0.39 is 0 Å². The maximum atomic E-state index is 6.08. The minimum atomic E-state index is 0.323. The molecule has 106 valence electrons. The first-order valence-corrected chi connectivity index (χ1v) is 7.90. The zero-order valence-electron chi connectivity index (χ0n) is 12.2. The van der Waals surface area contributed by atoms with E-state index in [2.05, 4.69) is 16.8 Å². The van der Waals surface area contributed by atoms with Crippen LogP contribution >= 0.6 is 0 Å². The molecule has 1 saturated carbocycles. The van der Waals surface area contributed by atoms with E-state index in [1.54, 1.807) is 0 Å². The fourth-order valence-corrected chi connectivity index (χ4v) is 3.73. The second-order valence-electron chi connectivity index (χ2n) is 6.31. The molecule has 3 heteroatoms. The number of hydrogen-bond donors (Lipinski definition) is 1. The normalized spacial score (nSPS) is 24.8. The zero-order valence-corrected chi connectivity index (χ0v) is 12.2. The lowest BCUT2D eigenvalue weighted by atomic mass is 9.80. The van der Waals surface area contributed by atoms with Gasteiger partial charge in [-0.05, 0) is 65.3 Å². The second kappa shape index (κ2) is 6.88. The van der Waals surface area contributed by atoms with E-state index >= 15 is 0 Å². The molecule has 0 spiro atoms. The van der Waals surface area contributed by atoms with Gasteiger partial charge in [0.1, 0.15) is 0 Å². The fraction of sp³-hybridized carbons (Fsp3) is 1.00. The Kier molecular flexibility index (Phi) is 5.46. The SMILES string of the molecule is CN(CCCN1CCCC1)C1(CN)CCCCC1. The van der Waals surface area contributed by atoms with Crippen LogP contribution in [0.4, 0.5) is 0 Å². The summed E-state index contributed by atoms with van der Waals surface area (Å²) in [5.74, 6) is 0. The Morgan fingerprint density at radius 1 is 1.06 bits per heavy atom. The van der Waals surface area contributed by atoms with Crippen molar-refractivity contribution in [3.8, 4) is 0 Å². The molecule has 0 aromatic heterocycles. The highest BCUT2D eigenvalue weighted by Gasteiger charge is 2.34. The standard InChI is InChI=1S/C15H31N3/c1-17(10-7-13-18-11-5-6-12-18)15(14-16)8-3-2-4-9-15/h2-14,16H2,1H3. The summed E-state index contributed by atoms with van der Waals surface area (Å²) in [5.41, 5.74) is 6.40. The van der Waals surface area contributed by atoms with Crippen molar-refractivity contribution < 1.29 is 0 Å². The van der Waals surface area contributed by atoms with Crippen molar-refractivity contribution >= 4 is 0 Å².